The zero-order valence-electron chi connectivity index (χ0n) is 14.9. The number of piperidine rings is 1. The second-order valence-electron chi connectivity index (χ2n) is 7.09. The van der Waals surface area contributed by atoms with E-state index in [0.29, 0.717) is 16.7 Å². The molecule has 5 nitrogen and oxygen atoms in total. The van der Waals surface area contributed by atoms with Gasteiger partial charge >= 0.3 is 0 Å². The van der Waals surface area contributed by atoms with Crippen molar-refractivity contribution in [1.29, 1.82) is 0 Å². The van der Waals surface area contributed by atoms with E-state index in [-0.39, 0.29) is 23.9 Å². The monoisotopic (exact) mass is 349 g/mol. The van der Waals surface area contributed by atoms with Crippen molar-refractivity contribution in [3.8, 4) is 0 Å². The molecule has 1 amide bonds. The summed E-state index contributed by atoms with van der Waals surface area (Å²) in [6.45, 7) is 4.18. The van der Waals surface area contributed by atoms with Gasteiger partial charge in [-0.3, -0.25) is 9.59 Å². The first-order chi connectivity index (χ1) is 12.6. The fourth-order valence-electron chi connectivity index (χ4n) is 3.83. The lowest BCUT2D eigenvalue weighted by molar-refractivity contribution is -0.122. The van der Waals surface area contributed by atoms with Gasteiger partial charge in [0.2, 0.25) is 5.91 Å². The molecule has 26 heavy (non-hydrogen) atoms. The molecule has 0 radical (unpaired) electrons. The van der Waals surface area contributed by atoms with Crippen molar-refractivity contribution in [2.45, 2.75) is 25.9 Å². The molecule has 2 N–H and O–H groups in total. The van der Waals surface area contributed by atoms with Crippen molar-refractivity contribution in [2.75, 3.05) is 13.1 Å². The Kier molecular flexibility index (Phi) is 4.47. The first-order valence-corrected chi connectivity index (χ1v) is 9.15. The zero-order chi connectivity index (χ0) is 18.1. The minimum Gasteiger partial charge on any atom is -0.350 e. The van der Waals surface area contributed by atoms with E-state index in [1.165, 1.54) is 0 Å². The first kappa shape index (κ1) is 16.8. The van der Waals surface area contributed by atoms with Gasteiger partial charge in [0.05, 0.1) is 11.0 Å². The summed E-state index contributed by atoms with van der Waals surface area (Å²) in [7, 11) is 0. The number of carbonyl (C=O) groups excluding carboxylic acids is 1. The predicted octanol–water partition coefficient (Wildman–Crippen LogP) is 2.27. The van der Waals surface area contributed by atoms with Crippen LogP contribution in [0.3, 0.4) is 0 Å². The van der Waals surface area contributed by atoms with Crippen LogP contribution in [-0.2, 0) is 11.3 Å². The normalized spacial score (nSPS) is 20.3. The van der Waals surface area contributed by atoms with Crippen LogP contribution in [0.15, 0.2) is 53.3 Å². The number of para-hydroxylation sites is 2. The number of amides is 1. The van der Waals surface area contributed by atoms with Crippen LogP contribution in [0.1, 0.15) is 13.3 Å². The predicted molar refractivity (Wildman–Crippen MR) is 104 cm³/mol. The maximum absolute atomic E-state index is 12.8. The van der Waals surface area contributed by atoms with Gasteiger partial charge in [-0.2, -0.15) is 0 Å². The Hall–Kier alpha value is -2.66. The topological polar surface area (TPSA) is 63.1 Å². The molecule has 1 saturated heterocycles. The van der Waals surface area contributed by atoms with E-state index < -0.39 is 0 Å². The standard InChI is InChI=1S/C21H23N3O2/c1-14-10-11-22-12-17(14)23-20(25)13-24-18-8-4-2-6-15(18)21(26)16-7-3-5-9-19(16)24/h2-9,14,17,22H,10-13H2,1H3,(H,23,25). The Morgan fingerprint density at radius 2 is 1.73 bits per heavy atom. The minimum atomic E-state index is -0.0236. The number of nitrogens with zero attached hydrogens (tertiary/aromatic N) is 1. The third kappa shape index (κ3) is 2.99. The van der Waals surface area contributed by atoms with Gasteiger partial charge in [-0.05, 0) is 43.1 Å². The average Bonchev–Trinajstić information content (AvgIpc) is 2.67. The number of aromatic nitrogens is 1. The lowest BCUT2D eigenvalue weighted by Crippen LogP contribution is -2.50. The van der Waals surface area contributed by atoms with E-state index >= 15 is 0 Å². The van der Waals surface area contributed by atoms with Crippen molar-refractivity contribution >= 4 is 27.7 Å². The van der Waals surface area contributed by atoms with Gasteiger partial charge in [-0.1, -0.05) is 31.2 Å². The Balaban J connectivity index is 1.74. The molecule has 3 aromatic rings. The molecule has 0 aliphatic carbocycles. The maximum atomic E-state index is 12.8. The summed E-state index contributed by atoms with van der Waals surface area (Å²) in [5, 5.41) is 7.79. The fraction of sp³-hybridized carbons (Fsp3) is 0.333. The van der Waals surface area contributed by atoms with Crippen LogP contribution in [0.5, 0.6) is 0 Å². The summed E-state index contributed by atoms with van der Waals surface area (Å²) in [6.07, 6.45) is 1.06. The smallest absolute Gasteiger partial charge is 0.240 e. The van der Waals surface area contributed by atoms with E-state index in [1.54, 1.807) is 0 Å². The summed E-state index contributed by atoms with van der Waals surface area (Å²) in [5.74, 6) is 0.437. The zero-order valence-corrected chi connectivity index (χ0v) is 14.9. The van der Waals surface area contributed by atoms with Gasteiger partial charge in [-0.25, -0.2) is 0 Å². The second-order valence-corrected chi connectivity index (χ2v) is 7.09. The Bertz CT molecular complexity index is 965. The lowest BCUT2D eigenvalue weighted by atomic mass is 9.95. The number of carbonyl (C=O) groups is 1. The highest BCUT2D eigenvalue weighted by Crippen LogP contribution is 2.19. The second kappa shape index (κ2) is 6.92. The van der Waals surface area contributed by atoms with Crippen molar-refractivity contribution in [1.82, 2.24) is 15.2 Å². The highest BCUT2D eigenvalue weighted by atomic mass is 16.2. The van der Waals surface area contributed by atoms with Gasteiger partial charge in [0, 0.05) is 23.4 Å². The number of rotatable bonds is 3. The molecule has 1 aliphatic heterocycles. The maximum Gasteiger partial charge on any atom is 0.240 e. The Morgan fingerprint density at radius 1 is 1.12 bits per heavy atom. The highest BCUT2D eigenvalue weighted by molar-refractivity contribution is 5.94. The lowest BCUT2D eigenvalue weighted by Gasteiger charge is -2.30. The van der Waals surface area contributed by atoms with Crippen LogP contribution >= 0.6 is 0 Å². The molecular formula is C21H23N3O2. The molecule has 5 heteroatoms. The molecular weight excluding hydrogens is 326 g/mol. The van der Waals surface area contributed by atoms with E-state index in [1.807, 2.05) is 53.1 Å². The van der Waals surface area contributed by atoms with Crippen LogP contribution in [0.2, 0.25) is 0 Å². The highest BCUT2D eigenvalue weighted by Gasteiger charge is 2.23. The Labute approximate surface area is 152 Å². The summed E-state index contributed by atoms with van der Waals surface area (Å²) >= 11 is 0. The van der Waals surface area contributed by atoms with E-state index in [0.717, 1.165) is 30.5 Å². The van der Waals surface area contributed by atoms with E-state index in [4.69, 9.17) is 0 Å². The molecule has 1 fully saturated rings. The summed E-state index contributed by atoms with van der Waals surface area (Å²) in [5.41, 5.74) is 1.60. The molecule has 0 bridgehead atoms. The quantitative estimate of drug-likeness (QED) is 0.713. The molecule has 2 unspecified atom stereocenters. The number of hydrogen-bond donors (Lipinski definition) is 2. The number of pyridine rings is 1. The summed E-state index contributed by atoms with van der Waals surface area (Å²) in [6, 6.07) is 15.1. The molecule has 0 spiro atoms. The van der Waals surface area contributed by atoms with E-state index in [9.17, 15) is 9.59 Å². The SMILES string of the molecule is CC1CCNCC1NC(=O)Cn1c2ccccc2c(=O)c2ccccc21. The number of fused-ring (bicyclic) bond motifs is 2. The van der Waals surface area contributed by atoms with Gasteiger partial charge in [0.25, 0.3) is 0 Å². The van der Waals surface area contributed by atoms with Crippen LogP contribution in [-0.4, -0.2) is 29.6 Å². The summed E-state index contributed by atoms with van der Waals surface area (Å²) < 4.78 is 1.95. The molecule has 4 rings (SSSR count). The summed E-state index contributed by atoms with van der Waals surface area (Å²) in [4.78, 5) is 25.5. The van der Waals surface area contributed by atoms with Crippen LogP contribution in [0.4, 0.5) is 0 Å². The largest absolute Gasteiger partial charge is 0.350 e. The molecule has 2 aromatic carbocycles. The van der Waals surface area contributed by atoms with Crippen molar-refractivity contribution < 1.29 is 4.79 Å². The van der Waals surface area contributed by atoms with Crippen molar-refractivity contribution in [2.24, 2.45) is 5.92 Å². The molecule has 134 valence electrons. The number of nitrogens with one attached hydrogen (secondary N) is 2. The number of hydrogen-bond acceptors (Lipinski definition) is 3. The van der Waals surface area contributed by atoms with Crippen LogP contribution in [0, 0.1) is 5.92 Å². The van der Waals surface area contributed by atoms with E-state index in [2.05, 4.69) is 17.6 Å². The van der Waals surface area contributed by atoms with Crippen LogP contribution < -0.4 is 16.1 Å². The van der Waals surface area contributed by atoms with Gasteiger partial charge in [0.15, 0.2) is 5.43 Å². The van der Waals surface area contributed by atoms with Crippen molar-refractivity contribution in [3.63, 3.8) is 0 Å². The molecule has 1 aromatic heterocycles. The van der Waals surface area contributed by atoms with Gasteiger partial charge < -0.3 is 15.2 Å². The number of benzene rings is 2. The molecule has 0 saturated carbocycles. The Morgan fingerprint density at radius 3 is 2.35 bits per heavy atom. The van der Waals surface area contributed by atoms with Gasteiger partial charge in [-0.15, -0.1) is 0 Å². The molecule has 2 heterocycles. The fourth-order valence-corrected chi connectivity index (χ4v) is 3.83. The van der Waals surface area contributed by atoms with Gasteiger partial charge in [0.1, 0.15) is 6.54 Å². The molecule has 2 atom stereocenters. The van der Waals surface area contributed by atoms with Crippen LogP contribution in [0.25, 0.3) is 21.8 Å². The first-order valence-electron chi connectivity index (χ1n) is 9.15. The van der Waals surface area contributed by atoms with Crippen molar-refractivity contribution in [3.05, 3.63) is 58.8 Å². The minimum absolute atomic E-state index is 0.0120. The third-order valence-electron chi connectivity index (χ3n) is 5.35. The third-order valence-corrected chi connectivity index (χ3v) is 5.35. The average molecular weight is 349 g/mol. The molecule has 1 aliphatic rings.